The molecule has 0 aromatic heterocycles. The van der Waals surface area contributed by atoms with Crippen LogP contribution in [0.15, 0.2) is 34.1 Å². The summed E-state index contributed by atoms with van der Waals surface area (Å²) >= 11 is 1.64. The Morgan fingerprint density at radius 2 is 0.769 bits per heavy atom. The van der Waals surface area contributed by atoms with Crippen LogP contribution in [0, 0.1) is 0 Å². The molecule has 2 rings (SSSR count). The second-order valence-electron chi connectivity index (χ2n) is 11.4. The van der Waals surface area contributed by atoms with E-state index in [4.69, 9.17) is 0 Å². The molecule has 0 aliphatic carbocycles. The number of phenolic OH excluding ortho intramolecular Hbond substituents is 2. The van der Waals surface area contributed by atoms with E-state index in [1.165, 1.54) is 112 Å². The summed E-state index contributed by atoms with van der Waals surface area (Å²) in [6, 6.07) is 8.13. The van der Waals surface area contributed by atoms with Crippen LogP contribution in [0.1, 0.15) is 153 Å². The Morgan fingerprint density at radius 3 is 1.10 bits per heavy atom. The average Bonchev–Trinajstić information content (AvgIpc) is 2.94. The van der Waals surface area contributed by atoms with Crippen LogP contribution in [0.2, 0.25) is 0 Å². The first kappa shape index (κ1) is 33.6. The van der Waals surface area contributed by atoms with Crippen LogP contribution in [0.25, 0.3) is 0 Å². The average molecular weight is 555 g/mol. The van der Waals surface area contributed by atoms with Crippen LogP contribution >= 0.6 is 11.8 Å². The lowest BCUT2D eigenvalue weighted by atomic mass is 9.96. The summed E-state index contributed by atoms with van der Waals surface area (Å²) in [5.41, 5.74) is 5.42. The van der Waals surface area contributed by atoms with Crippen LogP contribution in [-0.4, -0.2) is 10.2 Å². The zero-order chi connectivity index (χ0) is 28.3. The normalized spacial score (nSPS) is 11.4. The van der Waals surface area contributed by atoms with Gasteiger partial charge in [-0.15, -0.1) is 0 Å². The van der Waals surface area contributed by atoms with Gasteiger partial charge in [0.1, 0.15) is 11.5 Å². The molecular weight excluding hydrogens is 496 g/mol. The Hall–Kier alpha value is -1.61. The summed E-state index contributed by atoms with van der Waals surface area (Å²) in [7, 11) is 0. The second kappa shape index (κ2) is 20.3. The maximum Gasteiger partial charge on any atom is 0.129 e. The highest BCUT2D eigenvalue weighted by Gasteiger charge is 2.20. The van der Waals surface area contributed by atoms with Crippen molar-refractivity contribution in [2.24, 2.45) is 0 Å². The Balaban J connectivity index is 2.44. The van der Waals surface area contributed by atoms with Crippen molar-refractivity contribution in [2.75, 3.05) is 0 Å². The Morgan fingerprint density at radius 1 is 0.436 bits per heavy atom. The summed E-state index contributed by atoms with van der Waals surface area (Å²) in [5.74, 6) is 0.736. The fraction of sp³-hybridized carbons (Fsp3) is 0.667. The first-order chi connectivity index (χ1) is 19.1. The molecular formula is C36H58O2S. The Kier molecular flexibility index (Phi) is 17.5. The van der Waals surface area contributed by atoms with Crippen LogP contribution in [-0.2, 0) is 25.7 Å². The molecule has 0 saturated carbocycles. The summed E-state index contributed by atoms with van der Waals surface area (Å²) < 4.78 is 0. The molecule has 0 spiro atoms. The van der Waals surface area contributed by atoms with Gasteiger partial charge in [-0.25, -0.2) is 0 Å². The van der Waals surface area contributed by atoms with Crippen molar-refractivity contribution in [3.8, 4) is 11.5 Å². The van der Waals surface area contributed by atoms with Crippen molar-refractivity contribution in [2.45, 2.75) is 166 Å². The molecule has 0 bridgehead atoms. The molecule has 3 heteroatoms. The van der Waals surface area contributed by atoms with E-state index in [9.17, 15) is 10.2 Å². The number of benzene rings is 2. The van der Waals surface area contributed by atoms with Crippen molar-refractivity contribution >= 4 is 11.8 Å². The van der Waals surface area contributed by atoms with Gasteiger partial charge in [0.25, 0.3) is 0 Å². The largest absolute Gasteiger partial charge is 0.507 e. The van der Waals surface area contributed by atoms with Gasteiger partial charge in [0.15, 0.2) is 0 Å². The molecule has 2 nitrogen and oxygen atoms in total. The van der Waals surface area contributed by atoms with Crippen molar-refractivity contribution in [1.29, 1.82) is 0 Å². The molecule has 0 amide bonds. The van der Waals surface area contributed by atoms with E-state index < -0.39 is 0 Å². The minimum Gasteiger partial charge on any atom is -0.507 e. The summed E-state index contributed by atoms with van der Waals surface area (Å²) in [4.78, 5) is 1.96. The molecule has 39 heavy (non-hydrogen) atoms. The lowest BCUT2D eigenvalue weighted by Gasteiger charge is -2.20. The summed E-state index contributed by atoms with van der Waals surface area (Å²) in [6.45, 7) is 9.04. The van der Waals surface area contributed by atoms with Crippen LogP contribution in [0.5, 0.6) is 11.5 Å². The number of unbranched alkanes of at least 4 members (excludes halogenated alkanes) is 12. The van der Waals surface area contributed by atoms with Gasteiger partial charge in [-0.2, -0.15) is 0 Å². The van der Waals surface area contributed by atoms with E-state index in [1.807, 2.05) is 12.1 Å². The number of hydrogen-bond acceptors (Lipinski definition) is 3. The molecule has 0 aliphatic heterocycles. The van der Waals surface area contributed by atoms with Gasteiger partial charge in [-0.05, 0) is 85.8 Å². The smallest absolute Gasteiger partial charge is 0.129 e. The fourth-order valence-electron chi connectivity index (χ4n) is 5.60. The van der Waals surface area contributed by atoms with E-state index in [1.54, 1.807) is 11.8 Å². The van der Waals surface area contributed by atoms with E-state index in [2.05, 4.69) is 39.8 Å². The summed E-state index contributed by atoms with van der Waals surface area (Å²) in [6.07, 6.45) is 23.9. The number of aryl methyl sites for hydroxylation is 2. The predicted octanol–water partition coefficient (Wildman–Crippen LogP) is 11.7. The monoisotopic (exact) mass is 554 g/mol. The van der Waals surface area contributed by atoms with Gasteiger partial charge in [-0.3, -0.25) is 0 Å². The van der Waals surface area contributed by atoms with Gasteiger partial charge < -0.3 is 10.2 Å². The molecule has 0 atom stereocenters. The minimum atomic E-state index is 0.368. The lowest BCUT2D eigenvalue weighted by molar-refractivity contribution is 0.456. The predicted molar refractivity (Wildman–Crippen MR) is 172 cm³/mol. The zero-order valence-corrected chi connectivity index (χ0v) is 26.6. The van der Waals surface area contributed by atoms with Crippen LogP contribution in [0.4, 0.5) is 0 Å². The topological polar surface area (TPSA) is 40.5 Å². The third-order valence-corrected chi connectivity index (χ3v) is 9.36. The third-order valence-electron chi connectivity index (χ3n) is 8.04. The van der Waals surface area contributed by atoms with Crippen LogP contribution < -0.4 is 0 Å². The molecule has 0 heterocycles. The van der Waals surface area contributed by atoms with E-state index in [0.29, 0.717) is 11.5 Å². The molecule has 220 valence electrons. The van der Waals surface area contributed by atoms with Gasteiger partial charge in [0.05, 0.1) is 9.79 Å². The number of hydrogen-bond donors (Lipinski definition) is 2. The maximum absolute atomic E-state index is 11.2. The molecule has 2 aromatic carbocycles. The second-order valence-corrected chi connectivity index (χ2v) is 12.5. The third kappa shape index (κ3) is 11.8. The first-order valence-corrected chi connectivity index (χ1v) is 17.2. The summed E-state index contributed by atoms with van der Waals surface area (Å²) in [5, 5.41) is 22.4. The zero-order valence-electron chi connectivity index (χ0n) is 25.8. The highest BCUT2D eigenvalue weighted by Crippen LogP contribution is 2.45. The standard InChI is InChI=1S/C36H58O2S/c1-5-9-13-17-21-29-25-27-33(37)35(31(29)23-19-15-11-7-3)39-36-32(24-20-16-12-8-4)30(26-28-34(36)38)22-18-14-10-6-2/h25-28,37-38H,5-24H2,1-4H3. The SMILES string of the molecule is CCCCCCc1ccc(O)c(Sc2c(O)ccc(CCCCCC)c2CCCCCC)c1CCCCCC. The van der Waals surface area contributed by atoms with Gasteiger partial charge in [0, 0.05) is 0 Å². The molecule has 0 fully saturated rings. The van der Waals surface area contributed by atoms with Gasteiger partial charge in [0.2, 0.25) is 0 Å². The molecule has 2 aromatic rings. The van der Waals surface area contributed by atoms with Crippen molar-refractivity contribution in [3.05, 3.63) is 46.5 Å². The van der Waals surface area contributed by atoms with Crippen molar-refractivity contribution in [1.82, 2.24) is 0 Å². The fourth-order valence-corrected chi connectivity index (χ4v) is 6.86. The van der Waals surface area contributed by atoms with Gasteiger partial charge >= 0.3 is 0 Å². The number of aromatic hydroxyl groups is 2. The van der Waals surface area contributed by atoms with Crippen molar-refractivity contribution < 1.29 is 10.2 Å². The van der Waals surface area contributed by atoms with E-state index >= 15 is 0 Å². The van der Waals surface area contributed by atoms with Crippen molar-refractivity contribution in [3.63, 3.8) is 0 Å². The lowest BCUT2D eigenvalue weighted by Crippen LogP contribution is -2.02. The first-order valence-electron chi connectivity index (χ1n) is 16.4. The number of rotatable bonds is 22. The highest BCUT2D eigenvalue weighted by atomic mass is 32.2. The van der Waals surface area contributed by atoms with Gasteiger partial charge in [-0.1, -0.05) is 129 Å². The molecule has 2 N–H and O–H groups in total. The molecule has 0 aliphatic rings. The minimum absolute atomic E-state index is 0.368. The Labute approximate surface area is 245 Å². The number of phenols is 2. The molecule has 0 unspecified atom stereocenters. The van der Waals surface area contributed by atoms with Crippen LogP contribution in [0.3, 0.4) is 0 Å². The molecule has 0 radical (unpaired) electrons. The quantitative estimate of drug-likeness (QED) is 0.142. The molecule has 0 saturated heterocycles. The van der Waals surface area contributed by atoms with E-state index in [-0.39, 0.29) is 0 Å². The van der Waals surface area contributed by atoms with E-state index in [0.717, 1.165) is 48.3 Å². The maximum atomic E-state index is 11.2. The highest BCUT2D eigenvalue weighted by molar-refractivity contribution is 7.99. The Bertz CT molecular complexity index is 861.